The van der Waals surface area contributed by atoms with Gasteiger partial charge in [-0.2, -0.15) is 0 Å². The SMILES string of the molecule is [O-][NH2+]CP. The minimum absolute atomic E-state index is 0.556. The molecular formula is CH6NOP. The van der Waals surface area contributed by atoms with Crippen LogP contribution in [0.15, 0.2) is 0 Å². The van der Waals surface area contributed by atoms with Crippen molar-refractivity contribution < 1.29 is 5.48 Å². The van der Waals surface area contributed by atoms with Gasteiger partial charge in [0, 0.05) is 0 Å². The Kier molecular flexibility index (Phi) is 3.64. The Morgan fingerprint density at radius 3 is 2.25 bits per heavy atom. The Bertz CT molecular complexity index is 10.0. The van der Waals surface area contributed by atoms with E-state index in [1.165, 1.54) is 0 Å². The lowest BCUT2D eigenvalue weighted by Gasteiger charge is -1.89. The molecule has 0 spiro atoms. The fourth-order valence-electron chi connectivity index (χ4n) is 0. The summed E-state index contributed by atoms with van der Waals surface area (Å²) in [6.07, 6.45) is 0.556. The summed E-state index contributed by atoms with van der Waals surface area (Å²) < 4.78 is 0. The molecule has 0 aliphatic carbocycles. The van der Waals surface area contributed by atoms with Crippen molar-refractivity contribution in [2.75, 3.05) is 6.29 Å². The third-order valence-electron chi connectivity index (χ3n) is 0.0962. The molecule has 0 rings (SSSR count). The van der Waals surface area contributed by atoms with Gasteiger partial charge in [-0.3, -0.25) is 0 Å². The van der Waals surface area contributed by atoms with E-state index in [1.54, 1.807) is 0 Å². The van der Waals surface area contributed by atoms with Crippen LogP contribution in [0, 0.1) is 5.21 Å². The van der Waals surface area contributed by atoms with Crippen molar-refractivity contribution in [3.05, 3.63) is 5.21 Å². The number of rotatable bonds is 1. The standard InChI is InChI=1S/CH6NOP/c3-2-1-4/h1-2,4H2. The highest BCUT2D eigenvalue weighted by Gasteiger charge is 1.47. The maximum absolute atomic E-state index is 9.15. The molecule has 0 aliphatic heterocycles. The van der Waals surface area contributed by atoms with Gasteiger partial charge in [-0.25, -0.2) is 0 Å². The van der Waals surface area contributed by atoms with Gasteiger partial charge in [-0.15, -0.1) is 0 Å². The smallest absolute Gasteiger partial charge is 0.0873 e. The number of quaternary nitrogens is 1. The molecule has 4 heavy (non-hydrogen) atoms. The van der Waals surface area contributed by atoms with Gasteiger partial charge < -0.3 is 10.7 Å². The van der Waals surface area contributed by atoms with Crippen LogP contribution in [0.4, 0.5) is 0 Å². The van der Waals surface area contributed by atoms with Crippen LogP contribution in [0.2, 0.25) is 0 Å². The molecule has 0 heterocycles. The van der Waals surface area contributed by atoms with E-state index in [9.17, 15) is 0 Å². The van der Waals surface area contributed by atoms with Crippen LogP contribution < -0.4 is 5.48 Å². The van der Waals surface area contributed by atoms with Crippen LogP contribution in [-0.4, -0.2) is 6.29 Å². The summed E-state index contributed by atoms with van der Waals surface area (Å²) in [7, 11) is 2.29. The summed E-state index contributed by atoms with van der Waals surface area (Å²) in [6.45, 7) is 0. The molecule has 0 saturated carbocycles. The number of nitrogens with two attached hydrogens (primary N) is 1. The average molecular weight is 79.0 g/mol. The van der Waals surface area contributed by atoms with E-state index >= 15 is 0 Å². The molecule has 0 aromatic heterocycles. The van der Waals surface area contributed by atoms with Crippen molar-refractivity contribution in [1.29, 1.82) is 0 Å². The first-order valence-corrected chi connectivity index (χ1v) is 1.87. The van der Waals surface area contributed by atoms with Gasteiger partial charge in [0.05, 0.1) is 6.29 Å². The minimum atomic E-state index is 0.556. The number of hydroxylamine groups is 1. The predicted octanol–water partition coefficient (Wildman–Crippen LogP) is -1.12. The van der Waals surface area contributed by atoms with E-state index in [0.717, 1.165) is 5.48 Å². The maximum Gasteiger partial charge on any atom is 0.0873 e. The molecule has 0 aromatic rings. The van der Waals surface area contributed by atoms with Crippen LogP contribution in [-0.2, 0) is 0 Å². The Morgan fingerprint density at radius 1 is 2.00 bits per heavy atom. The molecule has 0 amide bonds. The van der Waals surface area contributed by atoms with Gasteiger partial charge in [-0.1, -0.05) is 9.24 Å². The Hall–Kier alpha value is 0.350. The normalized spacial score (nSPS) is 7.50. The number of hydrogen-bond acceptors (Lipinski definition) is 1. The zero-order valence-corrected chi connectivity index (χ0v) is 3.42. The highest BCUT2D eigenvalue weighted by atomic mass is 31.0. The highest BCUT2D eigenvalue weighted by Crippen LogP contribution is 1.57. The molecule has 0 bridgehead atoms. The van der Waals surface area contributed by atoms with Gasteiger partial charge in [-0.05, 0) is 0 Å². The summed E-state index contributed by atoms with van der Waals surface area (Å²) in [5.74, 6) is 0. The van der Waals surface area contributed by atoms with Gasteiger partial charge >= 0.3 is 0 Å². The van der Waals surface area contributed by atoms with Crippen LogP contribution >= 0.6 is 9.24 Å². The van der Waals surface area contributed by atoms with Crippen LogP contribution in [0.1, 0.15) is 0 Å². The molecule has 26 valence electrons. The average Bonchev–Trinajstić information content (AvgIpc) is 1.37. The van der Waals surface area contributed by atoms with Crippen molar-refractivity contribution in [3.63, 3.8) is 0 Å². The van der Waals surface area contributed by atoms with Crippen LogP contribution in [0.5, 0.6) is 0 Å². The molecule has 1 atom stereocenters. The fraction of sp³-hybridized carbons (Fsp3) is 1.00. The largest absolute Gasteiger partial charge is 0.636 e. The van der Waals surface area contributed by atoms with E-state index in [4.69, 9.17) is 5.21 Å². The molecule has 2 N–H and O–H groups in total. The molecule has 0 radical (unpaired) electrons. The molecule has 2 nitrogen and oxygen atoms in total. The zero-order chi connectivity index (χ0) is 3.41. The van der Waals surface area contributed by atoms with Gasteiger partial charge in [0.2, 0.25) is 0 Å². The van der Waals surface area contributed by atoms with Crippen molar-refractivity contribution in [3.8, 4) is 0 Å². The predicted molar refractivity (Wildman–Crippen MR) is 19.9 cm³/mol. The summed E-state index contributed by atoms with van der Waals surface area (Å²) in [4.78, 5) is 0. The van der Waals surface area contributed by atoms with Crippen LogP contribution in [0.3, 0.4) is 0 Å². The second-order valence-electron chi connectivity index (χ2n) is 0.402. The van der Waals surface area contributed by atoms with Crippen molar-refractivity contribution in [1.82, 2.24) is 0 Å². The van der Waals surface area contributed by atoms with Crippen molar-refractivity contribution in [2.45, 2.75) is 0 Å². The monoisotopic (exact) mass is 79.0 g/mol. The lowest BCUT2D eigenvalue weighted by molar-refractivity contribution is -0.568. The quantitative estimate of drug-likeness (QED) is 0.314. The summed E-state index contributed by atoms with van der Waals surface area (Å²) in [5, 5.41) is 9.15. The Labute approximate surface area is 27.4 Å². The first kappa shape index (κ1) is 4.35. The summed E-state index contributed by atoms with van der Waals surface area (Å²) >= 11 is 0. The third kappa shape index (κ3) is 2.35. The molecular weight excluding hydrogens is 73.0 g/mol. The van der Waals surface area contributed by atoms with E-state index in [0.29, 0.717) is 6.29 Å². The molecule has 3 heteroatoms. The Balaban J connectivity index is 1.97. The topological polar surface area (TPSA) is 39.7 Å². The third-order valence-corrected chi connectivity index (χ3v) is 0.289. The molecule has 1 unspecified atom stereocenters. The maximum atomic E-state index is 9.15. The minimum Gasteiger partial charge on any atom is -0.636 e. The Morgan fingerprint density at radius 2 is 2.25 bits per heavy atom. The van der Waals surface area contributed by atoms with E-state index < -0.39 is 0 Å². The molecule has 0 aliphatic rings. The molecule has 0 saturated heterocycles. The second-order valence-corrected chi connectivity index (χ2v) is 0.874. The van der Waals surface area contributed by atoms with Crippen LogP contribution in [0.25, 0.3) is 0 Å². The van der Waals surface area contributed by atoms with Gasteiger partial charge in [0.15, 0.2) is 0 Å². The highest BCUT2D eigenvalue weighted by molar-refractivity contribution is 7.16. The first-order chi connectivity index (χ1) is 1.91. The lowest BCUT2D eigenvalue weighted by atomic mass is 11.5. The van der Waals surface area contributed by atoms with Gasteiger partial charge in [0.1, 0.15) is 0 Å². The van der Waals surface area contributed by atoms with Crippen molar-refractivity contribution in [2.24, 2.45) is 0 Å². The fourth-order valence-corrected chi connectivity index (χ4v) is 0. The zero-order valence-electron chi connectivity index (χ0n) is 2.27. The molecule has 0 aromatic carbocycles. The first-order valence-electron chi connectivity index (χ1n) is 1.05. The second kappa shape index (κ2) is 3.35. The summed E-state index contributed by atoms with van der Waals surface area (Å²) in [6, 6.07) is 0. The van der Waals surface area contributed by atoms with Crippen molar-refractivity contribution >= 4 is 9.24 Å². The van der Waals surface area contributed by atoms with Gasteiger partial charge in [0.25, 0.3) is 0 Å². The number of hydrogen-bond donors (Lipinski definition) is 1. The van der Waals surface area contributed by atoms with E-state index in [-0.39, 0.29) is 0 Å². The summed E-state index contributed by atoms with van der Waals surface area (Å²) in [5.41, 5.74) is 0.838. The molecule has 0 fully saturated rings. The lowest BCUT2D eigenvalue weighted by Crippen LogP contribution is -2.75. The van der Waals surface area contributed by atoms with E-state index in [1.807, 2.05) is 0 Å². The van der Waals surface area contributed by atoms with E-state index in [2.05, 4.69) is 9.24 Å².